The number of anilines is 1. The van der Waals surface area contributed by atoms with Crippen molar-refractivity contribution in [3.63, 3.8) is 0 Å². The van der Waals surface area contributed by atoms with Crippen LogP contribution in [0.2, 0.25) is 0 Å². The van der Waals surface area contributed by atoms with E-state index in [1.54, 1.807) is 13.2 Å². The van der Waals surface area contributed by atoms with Crippen LogP contribution in [0.25, 0.3) is 39.5 Å². The van der Waals surface area contributed by atoms with E-state index in [0.717, 1.165) is 34.8 Å². The number of benzene rings is 3. The number of hydrogen-bond donors (Lipinski definition) is 4. The van der Waals surface area contributed by atoms with Crippen LogP contribution < -0.4 is 36.7 Å². The molecule has 15 heteroatoms. The van der Waals surface area contributed by atoms with Gasteiger partial charge in [0.25, 0.3) is 11.5 Å². The van der Waals surface area contributed by atoms with Gasteiger partial charge in [0.15, 0.2) is 0 Å². The number of methoxy groups -OCH3 is 1. The van der Waals surface area contributed by atoms with Crippen LogP contribution in [0.5, 0.6) is 0 Å². The number of amides is 2. The van der Waals surface area contributed by atoms with Crippen molar-refractivity contribution in [2.75, 3.05) is 59.9 Å². The monoisotopic (exact) mass is 821 g/mol. The van der Waals surface area contributed by atoms with Gasteiger partial charge in [-0.25, -0.2) is 14.2 Å². The first-order valence-corrected chi connectivity index (χ1v) is 20.1. The van der Waals surface area contributed by atoms with Crippen molar-refractivity contribution >= 4 is 40.5 Å². The molecule has 60 heavy (non-hydrogen) atoms. The molecule has 0 radical (unpaired) electrons. The van der Waals surface area contributed by atoms with Gasteiger partial charge in [-0.05, 0) is 73.2 Å². The highest BCUT2D eigenvalue weighted by Gasteiger charge is 2.34. The normalized spacial score (nSPS) is 16.4. The van der Waals surface area contributed by atoms with Crippen LogP contribution in [0.3, 0.4) is 0 Å². The number of ether oxygens (including phenoxy) is 2. The summed E-state index contributed by atoms with van der Waals surface area (Å²) in [6.07, 6.45) is 6.91. The summed E-state index contributed by atoms with van der Waals surface area (Å²) < 4.78 is 20.9. The molecule has 6 rings (SSSR count). The molecule has 1 saturated heterocycles. The number of aromatic amines is 1. The second-order valence-corrected chi connectivity index (χ2v) is 15.5. The third kappa shape index (κ3) is 9.92. The van der Waals surface area contributed by atoms with Crippen LogP contribution in [-0.2, 0) is 14.3 Å². The van der Waals surface area contributed by atoms with Crippen molar-refractivity contribution in [3.05, 3.63) is 110 Å². The summed E-state index contributed by atoms with van der Waals surface area (Å²) >= 11 is 0. The molecule has 2 aromatic carbocycles. The lowest BCUT2D eigenvalue weighted by Gasteiger charge is -2.19. The first-order chi connectivity index (χ1) is 28.7. The molecule has 0 spiro atoms. The number of unbranched alkanes of at least 4 members (excludes halogenated alkanes) is 3. The smallest absolute Gasteiger partial charge is 0.336 e. The molecule has 316 valence electrons. The molecule has 2 amide bonds. The number of rotatable bonds is 16. The molecule has 3 aromatic rings. The maximum absolute atomic E-state index is 13.4. The zero-order valence-electron chi connectivity index (χ0n) is 34.9. The van der Waals surface area contributed by atoms with Crippen molar-refractivity contribution in [1.29, 1.82) is 0 Å². The third-order valence-corrected chi connectivity index (χ3v) is 10.8. The van der Waals surface area contributed by atoms with Gasteiger partial charge in [0.05, 0.1) is 29.9 Å². The van der Waals surface area contributed by atoms with Crippen LogP contribution in [0.4, 0.5) is 5.69 Å². The largest absolute Gasteiger partial charge is 0.478 e. The van der Waals surface area contributed by atoms with Gasteiger partial charge in [0.2, 0.25) is 11.3 Å². The molecule has 2 aliphatic heterocycles. The molecule has 0 saturated carbocycles. The topological polar surface area (TPSA) is 188 Å². The van der Waals surface area contributed by atoms with E-state index in [1.165, 1.54) is 35.0 Å². The quantitative estimate of drug-likeness (QED) is 0.0477. The minimum absolute atomic E-state index is 0.0665. The number of hydrogen-bond acceptors (Lipinski definition) is 9. The summed E-state index contributed by atoms with van der Waals surface area (Å²) in [5.74, 6) is -1.06. The highest BCUT2D eigenvalue weighted by molar-refractivity contribution is 6.09. The Hall–Kier alpha value is -6.32. The Balaban J connectivity index is 1.04. The Kier molecular flexibility index (Phi) is 13.8. The molecule has 4 N–H and O–H groups in total. The number of H-pyrrole nitrogens is 1. The van der Waals surface area contributed by atoms with Gasteiger partial charge in [-0.3, -0.25) is 23.9 Å². The zero-order chi connectivity index (χ0) is 43.1. The highest BCUT2D eigenvalue weighted by atomic mass is 16.5. The Morgan fingerprint density at radius 3 is 2.43 bits per heavy atom. The van der Waals surface area contributed by atoms with Crippen molar-refractivity contribution < 1.29 is 33.4 Å². The van der Waals surface area contributed by atoms with Crippen LogP contribution in [0.1, 0.15) is 71.5 Å². The molecule has 3 unspecified atom stereocenters. The molecule has 3 heterocycles. The second-order valence-electron chi connectivity index (χ2n) is 15.5. The van der Waals surface area contributed by atoms with Gasteiger partial charge >= 0.3 is 11.7 Å². The second kappa shape index (κ2) is 19.2. The number of nitrogens with zero attached hydrogens (tertiary/aromatic N) is 3. The lowest BCUT2D eigenvalue weighted by atomic mass is 9.89. The van der Waals surface area contributed by atoms with E-state index < -0.39 is 23.4 Å². The average molecular weight is 822 g/mol. The summed E-state index contributed by atoms with van der Waals surface area (Å²) in [5.41, 5.74) is 2.67. The van der Waals surface area contributed by atoms with Gasteiger partial charge in [-0.1, -0.05) is 19.8 Å². The van der Waals surface area contributed by atoms with Crippen molar-refractivity contribution in [1.82, 2.24) is 24.8 Å². The number of aromatic carboxylic acids is 1. The van der Waals surface area contributed by atoms with E-state index in [4.69, 9.17) is 13.9 Å². The summed E-state index contributed by atoms with van der Waals surface area (Å²) in [6, 6.07) is 16.2. The number of nitrogens with one attached hydrogen (secondary N) is 3. The van der Waals surface area contributed by atoms with Crippen LogP contribution in [0.15, 0.2) is 80.9 Å². The van der Waals surface area contributed by atoms with E-state index in [2.05, 4.69) is 15.6 Å². The van der Waals surface area contributed by atoms with E-state index in [-0.39, 0.29) is 35.0 Å². The standard InChI is InChI=1S/C45H52N6O9/c1-27-21-40(60-38(27)26-58-6)51-25-29(43(54)48-45(51)57)12-18-39(52)46-19-9-7-8-10-20-47-42(53)28-11-15-32(44(55)56)35(22-28)41-33-16-13-30(49(2)3)23-36(33)59-37-24-31(50(4)5)14-17-34(37)41/h11-18,22-25,27,38,40H,7-10,19-21,26H2,1-6H3,(H3-,46,47,48,52,53,54,55,56,57)/p+1/b18-12+. The number of carboxylic acids is 1. The van der Waals surface area contributed by atoms with Crippen LogP contribution in [-0.4, -0.2) is 93.5 Å². The fourth-order valence-electron chi connectivity index (χ4n) is 7.38. The van der Waals surface area contributed by atoms with Crippen molar-refractivity contribution in [2.45, 2.75) is 51.4 Å². The maximum atomic E-state index is 13.4. The summed E-state index contributed by atoms with van der Waals surface area (Å²) in [6.45, 7) is 3.24. The van der Waals surface area contributed by atoms with Gasteiger partial charge in [-0.2, -0.15) is 0 Å². The number of carboxylic acid groups (broad SMARTS) is 1. The lowest BCUT2D eigenvalue weighted by molar-refractivity contribution is -0.116. The predicted molar refractivity (Wildman–Crippen MR) is 230 cm³/mol. The van der Waals surface area contributed by atoms with Crippen LogP contribution >= 0.6 is 0 Å². The fraction of sp³-hybridized carbons (Fsp3) is 0.378. The maximum Gasteiger partial charge on any atom is 0.336 e. The highest BCUT2D eigenvalue weighted by Crippen LogP contribution is 2.42. The molecule has 1 aliphatic carbocycles. The third-order valence-electron chi connectivity index (χ3n) is 10.8. The summed E-state index contributed by atoms with van der Waals surface area (Å²) in [5, 5.41) is 17.7. The summed E-state index contributed by atoms with van der Waals surface area (Å²) in [4.78, 5) is 67.8. The number of carbonyl (C=O) groups is 3. The van der Waals surface area contributed by atoms with Gasteiger partial charge in [0, 0.05) is 86.5 Å². The Labute approximate surface area is 347 Å². The number of fused-ring (bicyclic) bond motifs is 2. The Morgan fingerprint density at radius 1 is 0.983 bits per heavy atom. The molecule has 3 aliphatic rings. The zero-order valence-corrected chi connectivity index (χ0v) is 34.9. The number of carbonyl (C=O) groups excluding carboxylic acids is 2. The Morgan fingerprint density at radius 2 is 1.73 bits per heavy atom. The number of aromatic nitrogens is 2. The molecule has 1 aromatic heterocycles. The molecular formula is C45H53N6O9+. The van der Waals surface area contributed by atoms with Gasteiger partial charge in [-0.15, -0.1) is 0 Å². The SMILES string of the molecule is COCC1OC(n2cc(/C=C/C(=O)NCCCCCCNC(=O)c3ccc(C(=O)O)c(-c4c5ccc(=[N+](C)C)cc-5oc5cc(N(C)C)ccc45)c3)c(=O)[nH]c2=O)CC1C. The Bertz CT molecular complexity index is 2580. The van der Waals surface area contributed by atoms with Crippen molar-refractivity contribution in [3.8, 4) is 22.5 Å². The van der Waals surface area contributed by atoms with Gasteiger partial charge in [0.1, 0.15) is 31.7 Å². The van der Waals surface area contributed by atoms with E-state index in [9.17, 15) is 29.1 Å². The molecule has 3 atom stereocenters. The fourth-order valence-corrected chi connectivity index (χ4v) is 7.38. The predicted octanol–water partition coefficient (Wildman–Crippen LogP) is 4.54. The van der Waals surface area contributed by atoms with Crippen LogP contribution in [0, 0.1) is 5.92 Å². The van der Waals surface area contributed by atoms with Gasteiger partial charge < -0.3 is 34.5 Å². The van der Waals surface area contributed by atoms with E-state index in [1.807, 2.05) is 81.0 Å². The summed E-state index contributed by atoms with van der Waals surface area (Å²) in [7, 11) is 9.32. The minimum atomic E-state index is -1.11. The first-order valence-electron chi connectivity index (χ1n) is 20.1. The lowest BCUT2D eigenvalue weighted by Crippen LogP contribution is -2.33. The molecular weight excluding hydrogens is 769 g/mol. The first kappa shape index (κ1) is 43.3. The van der Waals surface area contributed by atoms with E-state index in [0.29, 0.717) is 67.0 Å². The minimum Gasteiger partial charge on any atom is -0.478 e. The average Bonchev–Trinajstić information content (AvgIpc) is 3.58. The molecule has 0 bridgehead atoms. The molecule has 15 nitrogen and oxygen atoms in total. The molecule has 1 fully saturated rings. The van der Waals surface area contributed by atoms with E-state index >= 15 is 0 Å². The van der Waals surface area contributed by atoms with Crippen molar-refractivity contribution in [2.24, 2.45) is 5.92 Å².